The van der Waals surface area contributed by atoms with Crippen LogP contribution in [0.1, 0.15) is 61.6 Å². The van der Waals surface area contributed by atoms with E-state index in [2.05, 4.69) is 36.4 Å². The second-order valence-corrected chi connectivity index (χ2v) is 9.46. The van der Waals surface area contributed by atoms with E-state index in [1.807, 2.05) is 12.1 Å². The number of phenolic OH excluding ortho intramolecular Hbond substituents is 1. The maximum atomic E-state index is 12.5. The average Bonchev–Trinajstić information content (AvgIpc) is 2.58. The van der Waals surface area contributed by atoms with Crippen LogP contribution in [0.3, 0.4) is 0 Å². The van der Waals surface area contributed by atoms with Gasteiger partial charge in [0.2, 0.25) is 5.91 Å². The topological polar surface area (TPSA) is 91.3 Å². The van der Waals surface area contributed by atoms with Crippen molar-refractivity contribution in [3.05, 3.63) is 53.3 Å². The van der Waals surface area contributed by atoms with E-state index in [4.69, 9.17) is 0 Å². The average molecular weight is 393 g/mol. The zero-order chi connectivity index (χ0) is 20.8. The van der Waals surface area contributed by atoms with Crippen molar-refractivity contribution in [2.24, 2.45) is 5.92 Å². The van der Waals surface area contributed by atoms with Gasteiger partial charge in [-0.3, -0.25) is 14.6 Å². The molecule has 6 nitrogen and oxygen atoms in total. The molecule has 0 saturated heterocycles. The number of hydrogen-bond acceptors (Lipinski definition) is 4. The molecular weight excluding hydrogens is 366 g/mol. The number of nitrogens with zero attached hydrogens (tertiary/aromatic N) is 1. The number of carbonyl (C=O) groups excluding carboxylic acids is 2. The third-order valence-electron chi connectivity index (χ3n) is 5.99. The molecule has 1 aromatic carbocycles. The molecule has 152 valence electrons. The van der Waals surface area contributed by atoms with Gasteiger partial charge in [-0.15, -0.1) is 0 Å². The van der Waals surface area contributed by atoms with E-state index in [9.17, 15) is 14.7 Å². The number of rotatable bonds is 5. The van der Waals surface area contributed by atoms with E-state index in [0.29, 0.717) is 16.9 Å². The van der Waals surface area contributed by atoms with Gasteiger partial charge >= 0.3 is 0 Å². The molecular formula is C23H27N3O3. The van der Waals surface area contributed by atoms with Crippen molar-refractivity contribution in [1.82, 2.24) is 10.3 Å². The fourth-order valence-electron chi connectivity index (χ4n) is 4.14. The molecule has 5 rings (SSSR count). The molecule has 3 aliphatic rings. The van der Waals surface area contributed by atoms with E-state index in [0.717, 1.165) is 30.7 Å². The molecule has 0 spiro atoms. The van der Waals surface area contributed by atoms with Crippen LogP contribution in [0.4, 0.5) is 5.69 Å². The minimum atomic E-state index is -0.261. The summed E-state index contributed by atoms with van der Waals surface area (Å²) in [6.07, 6.45) is 4.75. The van der Waals surface area contributed by atoms with Crippen molar-refractivity contribution < 1.29 is 14.7 Å². The molecule has 1 aromatic heterocycles. The van der Waals surface area contributed by atoms with Crippen LogP contribution in [0.15, 0.2) is 36.5 Å². The summed E-state index contributed by atoms with van der Waals surface area (Å²) in [5.74, 6) is 0.418. The van der Waals surface area contributed by atoms with Gasteiger partial charge in [-0.2, -0.15) is 0 Å². The lowest BCUT2D eigenvalue weighted by Gasteiger charge is -2.61. The zero-order valence-electron chi connectivity index (χ0n) is 17.1. The van der Waals surface area contributed by atoms with Crippen LogP contribution in [0.5, 0.6) is 5.75 Å². The van der Waals surface area contributed by atoms with Gasteiger partial charge in [-0.1, -0.05) is 32.9 Å². The van der Waals surface area contributed by atoms with Crippen LogP contribution in [0, 0.1) is 5.92 Å². The summed E-state index contributed by atoms with van der Waals surface area (Å²) < 4.78 is 0. The Kier molecular flexibility index (Phi) is 4.60. The highest BCUT2D eigenvalue weighted by atomic mass is 16.3. The lowest BCUT2D eigenvalue weighted by molar-refractivity contribution is -0.115. The van der Waals surface area contributed by atoms with Crippen LogP contribution < -0.4 is 10.6 Å². The summed E-state index contributed by atoms with van der Waals surface area (Å²) in [5.41, 5.74) is 2.34. The van der Waals surface area contributed by atoms with Gasteiger partial charge in [0.05, 0.1) is 6.42 Å². The molecule has 2 aromatic rings. The van der Waals surface area contributed by atoms with Crippen molar-refractivity contribution in [3.63, 3.8) is 0 Å². The molecule has 3 saturated carbocycles. The molecule has 0 radical (unpaired) electrons. The van der Waals surface area contributed by atoms with Gasteiger partial charge in [0.25, 0.3) is 5.91 Å². The van der Waals surface area contributed by atoms with Crippen molar-refractivity contribution >= 4 is 17.5 Å². The van der Waals surface area contributed by atoms with Gasteiger partial charge < -0.3 is 15.7 Å². The molecule has 3 fully saturated rings. The molecule has 0 aliphatic heterocycles. The van der Waals surface area contributed by atoms with Crippen LogP contribution in [-0.4, -0.2) is 27.4 Å². The number of pyridine rings is 1. The quantitative estimate of drug-likeness (QED) is 0.724. The number of amides is 2. The van der Waals surface area contributed by atoms with Gasteiger partial charge in [0, 0.05) is 23.0 Å². The molecule has 0 unspecified atom stereocenters. The summed E-state index contributed by atoms with van der Waals surface area (Å²) in [6, 6.07) is 8.61. The van der Waals surface area contributed by atoms with Gasteiger partial charge in [-0.05, 0) is 54.4 Å². The fraction of sp³-hybridized carbons (Fsp3) is 0.435. The number of hydrogen-bond donors (Lipinski definition) is 3. The van der Waals surface area contributed by atoms with Crippen molar-refractivity contribution in [2.75, 3.05) is 5.32 Å². The first-order valence-electron chi connectivity index (χ1n) is 10.0. The monoisotopic (exact) mass is 393 g/mol. The second kappa shape index (κ2) is 6.87. The van der Waals surface area contributed by atoms with Crippen molar-refractivity contribution in [1.29, 1.82) is 0 Å². The molecule has 2 bridgehead atoms. The highest BCUT2D eigenvalue weighted by molar-refractivity contribution is 5.96. The molecule has 2 amide bonds. The first kappa shape index (κ1) is 19.4. The maximum absolute atomic E-state index is 12.5. The normalized spacial score (nSPS) is 22.2. The first-order chi connectivity index (χ1) is 13.6. The Bertz CT molecular complexity index is 961. The summed E-state index contributed by atoms with van der Waals surface area (Å²) >= 11 is 0. The Morgan fingerprint density at radius 3 is 2.52 bits per heavy atom. The van der Waals surface area contributed by atoms with E-state index in [1.165, 1.54) is 6.20 Å². The SMILES string of the molecule is CC(C)(C)c1ccc(O)c(CC(=O)Nc2ccnc(C(=O)NC34CC(C3)C4)c2)c1. The zero-order valence-corrected chi connectivity index (χ0v) is 17.1. The van der Waals surface area contributed by atoms with Gasteiger partial charge in [-0.25, -0.2) is 0 Å². The number of benzene rings is 1. The molecule has 0 atom stereocenters. The Morgan fingerprint density at radius 2 is 1.90 bits per heavy atom. The van der Waals surface area contributed by atoms with Gasteiger partial charge in [0.1, 0.15) is 11.4 Å². The smallest absolute Gasteiger partial charge is 0.270 e. The number of aromatic nitrogens is 1. The number of aromatic hydroxyl groups is 1. The maximum Gasteiger partial charge on any atom is 0.270 e. The minimum absolute atomic E-state index is 0.0156. The predicted octanol–water partition coefficient (Wildman–Crippen LogP) is 3.55. The third kappa shape index (κ3) is 3.97. The van der Waals surface area contributed by atoms with Crippen LogP contribution >= 0.6 is 0 Å². The third-order valence-corrected chi connectivity index (χ3v) is 5.99. The van der Waals surface area contributed by atoms with Crippen molar-refractivity contribution in [2.45, 2.75) is 57.4 Å². The van der Waals surface area contributed by atoms with Crippen LogP contribution in [0.25, 0.3) is 0 Å². The lowest BCUT2D eigenvalue weighted by atomic mass is 9.50. The number of nitrogens with one attached hydrogen (secondary N) is 2. The lowest BCUT2D eigenvalue weighted by Crippen LogP contribution is -2.68. The van der Waals surface area contributed by atoms with Crippen LogP contribution in [0.2, 0.25) is 0 Å². The summed E-state index contributed by atoms with van der Waals surface area (Å²) in [6.45, 7) is 6.25. The molecule has 3 aliphatic carbocycles. The largest absolute Gasteiger partial charge is 0.508 e. The van der Waals surface area contributed by atoms with Crippen molar-refractivity contribution in [3.8, 4) is 5.75 Å². The van der Waals surface area contributed by atoms with Gasteiger partial charge in [0.15, 0.2) is 0 Å². The van der Waals surface area contributed by atoms with E-state index >= 15 is 0 Å². The first-order valence-corrected chi connectivity index (χ1v) is 10.0. The van der Waals surface area contributed by atoms with E-state index < -0.39 is 0 Å². The summed E-state index contributed by atoms with van der Waals surface area (Å²) in [5, 5.41) is 16.0. The standard InChI is InChI=1S/C23H27N3O3/c1-22(2,3)16-4-5-19(27)15(8-16)9-20(28)25-17-6-7-24-18(10-17)21(29)26-23-11-14(12-23)13-23/h4-8,10,14,27H,9,11-13H2,1-3H3,(H,26,29)(H,24,25,28). The minimum Gasteiger partial charge on any atom is -0.508 e. The second-order valence-electron chi connectivity index (χ2n) is 9.46. The molecule has 3 N–H and O–H groups in total. The Labute approximate surface area is 170 Å². The van der Waals surface area contributed by atoms with Crippen LogP contribution in [-0.2, 0) is 16.6 Å². The van der Waals surface area contributed by atoms with E-state index in [-0.39, 0.29) is 34.9 Å². The molecule has 29 heavy (non-hydrogen) atoms. The molecule has 1 heterocycles. The molecule has 6 heteroatoms. The van der Waals surface area contributed by atoms with E-state index in [1.54, 1.807) is 18.2 Å². The fourth-order valence-corrected chi connectivity index (χ4v) is 4.14. The number of carbonyl (C=O) groups is 2. The summed E-state index contributed by atoms with van der Waals surface area (Å²) in [7, 11) is 0. The Balaban J connectivity index is 1.41. The number of phenols is 1. The highest BCUT2D eigenvalue weighted by Gasteiger charge is 2.57. The number of anilines is 1. The highest BCUT2D eigenvalue weighted by Crippen LogP contribution is 2.56. The summed E-state index contributed by atoms with van der Waals surface area (Å²) in [4.78, 5) is 29.1. The Morgan fingerprint density at radius 1 is 1.17 bits per heavy atom. The predicted molar refractivity (Wildman–Crippen MR) is 111 cm³/mol. The Hall–Kier alpha value is -2.89.